The highest BCUT2D eigenvalue weighted by molar-refractivity contribution is 5.80. The number of fused-ring (bicyclic) bond motifs is 1. The summed E-state index contributed by atoms with van der Waals surface area (Å²) in [6.07, 6.45) is 5.63. The average Bonchev–Trinajstić information content (AvgIpc) is 2.30. The molecular formula is C13H10N2O. The third kappa shape index (κ3) is 2.01. The van der Waals surface area contributed by atoms with Gasteiger partial charge in [0.05, 0.1) is 12.5 Å². The number of allylic oxidation sites excluding steroid dienone is 1. The van der Waals surface area contributed by atoms with Crippen molar-refractivity contribution >= 4 is 17.0 Å². The monoisotopic (exact) mass is 210 g/mol. The van der Waals surface area contributed by atoms with Gasteiger partial charge in [-0.05, 0) is 17.7 Å². The van der Waals surface area contributed by atoms with Crippen LogP contribution in [0, 0.1) is 11.3 Å². The Morgan fingerprint density at radius 3 is 3.06 bits per heavy atom. The van der Waals surface area contributed by atoms with Crippen molar-refractivity contribution < 1.29 is 0 Å². The van der Waals surface area contributed by atoms with Gasteiger partial charge in [0, 0.05) is 23.2 Å². The second kappa shape index (κ2) is 4.45. The molecule has 0 atom stereocenters. The number of hydrogen-bond acceptors (Lipinski definition) is 2. The summed E-state index contributed by atoms with van der Waals surface area (Å²) >= 11 is 0. The topological polar surface area (TPSA) is 56.6 Å². The molecule has 78 valence electrons. The quantitative estimate of drug-likeness (QED) is 0.827. The molecule has 0 saturated heterocycles. The molecule has 1 aromatic carbocycles. The van der Waals surface area contributed by atoms with Crippen molar-refractivity contribution in [3.8, 4) is 6.07 Å². The predicted octanol–water partition coefficient (Wildman–Crippen LogP) is 2.45. The zero-order valence-corrected chi connectivity index (χ0v) is 8.60. The van der Waals surface area contributed by atoms with E-state index in [0.717, 1.165) is 11.1 Å². The van der Waals surface area contributed by atoms with E-state index in [4.69, 9.17) is 5.26 Å². The van der Waals surface area contributed by atoms with Crippen LogP contribution in [0.5, 0.6) is 0 Å². The normalized spacial score (nSPS) is 10.7. The van der Waals surface area contributed by atoms with Crippen LogP contribution in [0.15, 0.2) is 41.3 Å². The van der Waals surface area contributed by atoms with Crippen LogP contribution in [-0.4, -0.2) is 4.98 Å². The van der Waals surface area contributed by atoms with Gasteiger partial charge in [0.25, 0.3) is 0 Å². The number of rotatable bonds is 2. The van der Waals surface area contributed by atoms with Gasteiger partial charge in [-0.1, -0.05) is 18.2 Å². The Morgan fingerprint density at radius 2 is 2.25 bits per heavy atom. The zero-order chi connectivity index (χ0) is 11.4. The largest absolute Gasteiger partial charge is 0.361 e. The molecule has 0 aliphatic heterocycles. The van der Waals surface area contributed by atoms with Gasteiger partial charge in [-0.2, -0.15) is 5.26 Å². The predicted molar refractivity (Wildman–Crippen MR) is 63.8 cm³/mol. The lowest BCUT2D eigenvalue weighted by Crippen LogP contribution is -1.99. The summed E-state index contributed by atoms with van der Waals surface area (Å²) in [4.78, 5) is 14.6. The molecule has 0 unspecified atom stereocenters. The van der Waals surface area contributed by atoms with Crippen LogP contribution in [-0.2, 0) is 0 Å². The van der Waals surface area contributed by atoms with Gasteiger partial charge < -0.3 is 4.98 Å². The Bertz CT molecular complexity index is 632. The van der Waals surface area contributed by atoms with E-state index in [1.54, 1.807) is 12.3 Å². The summed E-state index contributed by atoms with van der Waals surface area (Å²) in [6, 6.07) is 9.13. The lowest BCUT2D eigenvalue weighted by Gasteiger charge is -1.98. The first-order valence-electron chi connectivity index (χ1n) is 4.96. The summed E-state index contributed by atoms with van der Waals surface area (Å²) in [5.74, 6) is 0. The zero-order valence-electron chi connectivity index (χ0n) is 8.60. The molecule has 0 radical (unpaired) electrons. The molecule has 0 aliphatic rings. The van der Waals surface area contributed by atoms with Crippen molar-refractivity contribution in [1.82, 2.24) is 4.98 Å². The first-order valence-corrected chi connectivity index (χ1v) is 4.96. The van der Waals surface area contributed by atoms with E-state index in [1.165, 1.54) is 6.07 Å². The summed E-state index contributed by atoms with van der Waals surface area (Å²) in [6.45, 7) is 0. The van der Waals surface area contributed by atoms with Gasteiger partial charge in [0.1, 0.15) is 0 Å². The molecule has 0 bridgehead atoms. The van der Waals surface area contributed by atoms with E-state index in [2.05, 4.69) is 4.98 Å². The fraction of sp³-hybridized carbons (Fsp3) is 0.0769. The highest BCUT2D eigenvalue weighted by atomic mass is 16.1. The maximum atomic E-state index is 11.6. The van der Waals surface area contributed by atoms with Crippen molar-refractivity contribution in [2.24, 2.45) is 0 Å². The maximum absolute atomic E-state index is 11.6. The number of nitriles is 1. The van der Waals surface area contributed by atoms with Crippen LogP contribution >= 0.6 is 0 Å². The fourth-order valence-corrected chi connectivity index (χ4v) is 1.54. The third-order valence-corrected chi connectivity index (χ3v) is 2.30. The standard InChI is InChI=1S/C13H10N2O/c14-7-2-1-3-10-4-5-12-11(9-10)13(16)6-8-15-12/h1,3-6,8-9H,2H2,(H,15,16). The third-order valence-electron chi connectivity index (χ3n) is 2.30. The van der Waals surface area contributed by atoms with E-state index in [9.17, 15) is 4.79 Å². The first kappa shape index (κ1) is 10.2. The molecule has 16 heavy (non-hydrogen) atoms. The molecule has 2 rings (SSSR count). The van der Waals surface area contributed by atoms with E-state index < -0.39 is 0 Å². The van der Waals surface area contributed by atoms with Crippen LogP contribution < -0.4 is 5.43 Å². The van der Waals surface area contributed by atoms with Gasteiger partial charge >= 0.3 is 0 Å². The molecular weight excluding hydrogens is 200 g/mol. The van der Waals surface area contributed by atoms with E-state index >= 15 is 0 Å². The van der Waals surface area contributed by atoms with Crippen molar-refractivity contribution in [2.45, 2.75) is 6.42 Å². The van der Waals surface area contributed by atoms with Gasteiger partial charge in [0.15, 0.2) is 5.43 Å². The molecule has 0 fully saturated rings. The van der Waals surface area contributed by atoms with Crippen LogP contribution in [0.3, 0.4) is 0 Å². The van der Waals surface area contributed by atoms with Crippen LogP contribution in [0.2, 0.25) is 0 Å². The summed E-state index contributed by atoms with van der Waals surface area (Å²) in [7, 11) is 0. The number of pyridine rings is 1. The van der Waals surface area contributed by atoms with E-state index in [-0.39, 0.29) is 5.43 Å². The lowest BCUT2D eigenvalue weighted by atomic mass is 10.1. The molecule has 1 N–H and O–H groups in total. The number of nitrogens with one attached hydrogen (secondary N) is 1. The average molecular weight is 210 g/mol. The minimum Gasteiger partial charge on any atom is -0.361 e. The summed E-state index contributed by atoms with van der Waals surface area (Å²) in [5, 5.41) is 9.07. The van der Waals surface area contributed by atoms with Gasteiger partial charge in [-0.15, -0.1) is 0 Å². The Balaban J connectivity index is 2.48. The molecule has 0 spiro atoms. The fourth-order valence-electron chi connectivity index (χ4n) is 1.54. The highest BCUT2D eigenvalue weighted by Gasteiger charge is 1.97. The van der Waals surface area contributed by atoms with E-state index in [1.807, 2.05) is 30.3 Å². The number of nitrogens with zero attached hydrogens (tertiary/aromatic N) is 1. The lowest BCUT2D eigenvalue weighted by molar-refractivity contribution is 1.36. The summed E-state index contributed by atoms with van der Waals surface area (Å²) < 4.78 is 0. The Labute approximate surface area is 92.7 Å². The molecule has 0 aliphatic carbocycles. The highest BCUT2D eigenvalue weighted by Crippen LogP contribution is 2.11. The van der Waals surface area contributed by atoms with E-state index in [0.29, 0.717) is 11.8 Å². The summed E-state index contributed by atoms with van der Waals surface area (Å²) in [5.41, 5.74) is 1.76. The smallest absolute Gasteiger partial charge is 0.189 e. The molecule has 3 nitrogen and oxygen atoms in total. The minimum atomic E-state index is 0.00397. The Morgan fingerprint density at radius 1 is 1.38 bits per heavy atom. The molecule has 1 aromatic heterocycles. The molecule has 0 saturated carbocycles. The number of benzene rings is 1. The van der Waals surface area contributed by atoms with Gasteiger partial charge in [-0.25, -0.2) is 0 Å². The first-order chi connectivity index (χ1) is 7.81. The Hall–Kier alpha value is -2.34. The molecule has 2 aromatic rings. The van der Waals surface area contributed by atoms with Gasteiger partial charge in [-0.3, -0.25) is 4.79 Å². The number of hydrogen-bond donors (Lipinski definition) is 1. The van der Waals surface area contributed by atoms with Gasteiger partial charge in [0.2, 0.25) is 0 Å². The van der Waals surface area contributed by atoms with Crippen molar-refractivity contribution in [3.63, 3.8) is 0 Å². The maximum Gasteiger partial charge on any atom is 0.189 e. The Kier molecular flexibility index (Phi) is 2.84. The second-order valence-electron chi connectivity index (χ2n) is 3.41. The van der Waals surface area contributed by atoms with Crippen molar-refractivity contribution in [1.29, 1.82) is 5.26 Å². The molecule has 0 amide bonds. The second-order valence-corrected chi connectivity index (χ2v) is 3.41. The number of aromatic amines is 1. The van der Waals surface area contributed by atoms with Crippen molar-refractivity contribution in [3.05, 3.63) is 52.3 Å². The molecule has 3 heteroatoms. The minimum absolute atomic E-state index is 0.00397. The molecule has 1 heterocycles. The van der Waals surface area contributed by atoms with Crippen LogP contribution in [0.1, 0.15) is 12.0 Å². The number of H-pyrrole nitrogens is 1. The van der Waals surface area contributed by atoms with Crippen LogP contribution in [0.4, 0.5) is 0 Å². The van der Waals surface area contributed by atoms with Crippen LogP contribution in [0.25, 0.3) is 17.0 Å². The SMILES string of the molecule is N#CCC=Cc1ccc2[nH]ccc(=O)c2c1. The van der Waals surface area contributed by atoms with Crippen molar-refractivity contribution in [2.75, 3.05) is 0 Å². The number of aromatic nitrogens is 1.